The van der Waals surface area contributed by atoms with Crippen LogP contribution in [0.3, 0.4) is 0 Å². The minimum atomic E-state index is -0.299. The summed E-state index contributed by atoms with van der Waals surface area (Å²) in [6.45, 7) is 0. The van der Waals surface area contributed by atoms with Crippen molar-refractivity contribution in [1.82, 2.24) is 0 Å². The van der Waals surface area contributed by atoms with Gasteiger partial charge in [0.05, 0.1) is 7.11 Å². The number of ether oxygens (including phenoxy) is 2. The van der Waals surface area contributed by atoms with Crippen molar-refractivity contribution in [2.45, 2.75) is 12.3 Å². The molecule has 1 N–H and O–H groups in total. The summed E-state index contributed by atoms with van der Waals surface area (Å²) in [7, 11) is 1.67. The maximum Gasteiger partial charge on any atom is 0.158 e. The topological polar surface area (TPSA) is 30.5 Å². The second kappa shape index (κ2) is 6.79. The van der Waals surface area contributed by atoms with E-state index in [0.717, 1.165) is 28.1 Å². The molecule has 1 aliphatic rings. The lowest BCUT2D eigenvalue weighted by atomic mass is 9.97. The quantitative estimate of drug-likeness (QED) is 0.668. The van der Waals surface area contributed by atoms with Gasteiger partial charge < -0.3 is 14.8 Å². The normalized spacial score (nSPS) is 19.0. The summed E-state index contributed by atoms with van der Waals surface area (Å²) in [5.41, 5.74) is 4.21. The van der Waals surface area contributed by atoms with E-state index >= 15 is 0 Å². The minimum Gasteiger partial charge on any atom is -0.496 e. The summed E-state index contributed by atoms with van der Waals surface area (Å²) < 4.78 is 11.9. The molecule has 0 bridgehead atoms. The third kappa shape index (κ3) is 3.09. The van der Waals surface area contributed by atoms with Crippen LogP contribution in [0.1, 0.15) is 29.0 Å². The molecular formula is C21H18ClNO2. The first-order chi connectivity index (χ1) is 12.3. The van der Waals surface area contributed by atoms with Crippen LogP contribution in [0.2, 0.25) is 5.02 Å². The highest BCUT2D eigenvalue weighted by atomic mass is 35.5. The van der Waals surface area contributed by atoms with Gasteiger partial charge in [0.2, 0.25) is 0 Å². The molecule has 2 atom stereocenters. The number of halogens is 1. The number of methoxy groups -OCH3 is 1. The van der Waals surface area contributed by atoms with Crippen LogP contribution in [0.4, 0.5) is 5.69 Å². The van der Waals surface area contributed by atoms with Crippen molar-refractivity contribution in [1.29, 1.82) is 0 Å². The summed E-state index contributed by atoms with van der Waals surface area (Å²) in [5.74, 6) is 0.800. The van der Waals surface area contributed by atoms with E-state index in [1.54, 1.807) is 7.11 Å². The highest BCUT2D eigenvalue weighted by Crippen LogP contribution is 2.43. The first-order valence-electron chi connectivity index (χ1n) is 8.15. The SMILES string of the molecule is COc1ccccc1[C@@H]1Nc2ccccc2[C@@H](c2ccc(Cl)cc2)O1. The molecule has 0 saturated carbocycles. The molecule has 1 heterocycles. The zero-order valence-corrected chi connectivity index (χ0v) is 14.5. The van der Waals surface area contributed by atoms with Crippen LogP contribution in [-0.4, -0.2) is 7.11 Å². The predicted molar refractivity (Wildman–Crippen MR) is 100 cm³/mol. The number of hydrogen-bond donors (Lipinski definition) is 1. The lowest BCUT2D eigenvalue weighted by Crippen LogP contribution is -2.25. The van der Waals surface area contributed by atoms with Crippen molar-refractivity contribution in [3.63, 3.8) is 0 Å². The van der Waals surface area contributed by atoms with Crippen molar-refractivity contribution in [2.75, 3.05) is 12.4 Å². The van der Waals surface area contributed by atoms with Gasteiger partial charge in [0.25, 0.3) is 0 Å². The maximum atomic E-state index is 6.43. The third-order valence-corrected chi connectivity index (χ3v) is 4.65. The van der Waals surface area contributed by atoms with Gasteiger partial charge in [-0.1, -0.05) is 60.1 Å². The number of fused-ring (bicyclic) bond motifs is 1. The van der Waals surface area contributed by atoms with E-state index in [0.29, 0.717) is 5.02 Å². The van der Waals surface area contributed by atoms with Crippen molar-refractivity contribution in [3.05, 3.63) is 94.5 Å². The number of para-hydroxylation sites is 2. The van der Waals surface area contributed by atoms with Crippen molar-refractivity contribution < 1.29 is 9.47 Å². The fourth-order valence-electron chi connectivity index (χ4n) is 3.17. The van der Waals surface area contributed by atoms with Crippen LogP contribution in [0.15, 0.2) is 72.8 Å². The summed E-state index contributed by atoms with van der Waals surface area (Å²) in [6, 6.07) is 23.9. The summed E-state index contributed by atoms with van der Waals surface area (Å²) in [4.78, 5) is 0. The molecule has 3 aromatic carbocycles. The molecule has 0 radical (unpaired) electrons. The van der Waals surface area contributed by atoms with Gasteiger partial charge in [-0.15, -0.1) is 0 Å². The maximum absolute atomic E-state index is 6.43. The molecule has 126 valence electrons. The molecule has 0 amide bonds. The standard InChI is InChI=1S/C21H18ClNO2/c1-24-19-9-5-3-7-17(19)21-23-18-8-4-2-6-16(18)20(25-21)14-10-12-15(22)13-11-14/h2-13,20-21,23H,1H3/t20-,21-/m1/s1. The van der Waals surface area contributed by atoms with Gasteiger partial charge in [0.15, 0.2) is 6.23 Å². The molecule has 4 rings (SSSR count). The fraction of sp³-hybridized carbons (Fsp3) is 0.143. The zero-order chi connectivity index (χ0) is 17.2. The Balaban J connectivity index is 1.77. The van der Waals surface area contributed by atoms with E-state index in [-0.39, 0.29) is 12.3 Å². The Kier molecular flexibility index (Phi) is 4.35. The number of rotatable bonds is 3. The van der Waals surface area contributed by atoms with Gasteiger partial charge in [-0.05, 0) is 29.8 Å². The Hall–Kier alpha value is -2.49. The van der Waals surface area contributed by atoms with E-state index in [4.69, 9.17) is 21.1 Å². The van der Waals surface area contributed by atoms with Crippen molar-refractivity contribution in [3.8, 4) is 5.75 Å². The van der Waals surface area contributed by atoms with Crippen molar-refractivity contribution >= 4 is 17.3 Å². The van der Waals surface area contributed by atoms with Crippen LogP contribution in [-0.2, 0) is 4.74 Å². The Labute approximate surface area is 152 Å². The summed E-state index contributed by atoms with van der Waals surface area (Å²) in [6.07, 6.45) is -0.476. The lowest BCUT2D eigenvalue weighted by molar-refractivity contribution is 0.0145. The first kappa shape index (κ1) is 16.0. The highest BCUT2D eigenvalue weighted by molar-refractivity contribution is 6.30. The molecule has 3 nitrogen and oxygen atoms in total. The Morgan fingerprint density at radius 3 is 2.32 bits per heavy atom. The van der Waals surface area contributed by atoms with Crippen LogP contribution in [0.25, 0.3) is 0 Å². The van der Waals surface area contributed by atoms with E-state index in [1.807, 2.05) is 60.7 Å². The second-order valence-corrected chi connectivity index (χ2v) is 6.36. The Morgan fingerprint density at radius 2 is 1.56 bits per heavy atom. The van der Waals surface area contributed by atoms with E-state index in [1.165, 1.54) is 0 Å². The molecule has 0 aromatic heterocycles. The van der Waals surface area contributed by atoms with E-state index < -0.39 is 0 Å². The van der Waals surface area contributed by atoms with E-state index in [9.17, 15) is 0 Å². The van der Waals surface area contributed by atoms with Gasteiger partial charge in [-0.3, -0.25) is 0 Å². The van der Waals surface area contributed by atoms with Crippen molar-refractivity contribution in [2.24, 2.45) is 0 Å². The smallest absolute Gasteiger partial charge is 0.158 e. The third-order valence-electron chi connectivity index (χ3n) is 4.40. The number of nitrogens with one attached hydrogen (secondary N) is 1. The molecule has 0 spiro atoms. The molecule has 4 heteroatoms. The van der Waals surface area contributed by atoms with Gasteiger partial charge in [0, 0.05) is 21.8 Å². The average Bonchev–Trinajstić information content (AvgIpc) is 2.68. The number of anilines is 1. The molecule has 25 heavy (non-hydrogen) atoms. The summed E-state index contributed by atoms with van der Waals surface area (Å²) >= 11 is 6.05. The molecule has 0 unspecified atom stereocenters. The largest absolute Gasteiger partial charge is 0.496 e. The van der Waals surface area contributed by atoms with Crippen LogP contribution in [0.5, 0.6) is 5.75 Å². The number of hydrogen-bond acceptors (Lipinski definition) is 3. The zero-order valence-electron chi connectivity index (χ0n) is 13.8. The molecule has 0 saturated heterocycles. The average molecular weight is 352 g/mol. The molecule has 0 aliphatic carbocycles. The fourth-order valence-corrected chi connectivity index (χ4v) is 3.30. The number of benzene rings is 3. The van der Waals surface area contributed by atoms with Gasteiger partial charge in [0.1, 0.15) is 11.9 Å². The first-order valence-corrected chi connectivity index (χ1v) is 8.53. The van der Waals surface area contributed by atoms with Gasteiger partial charge >= 0.3 is 0 Å². The molecule has 0 fully saturated rings. The molecule has 3 aromatic rings. The predicted octanol–water partition coefficient (Wildman–Crippen LogP) is 5.58. The molecular weight excluding hydrogens is 334 g/mol. The van der Waals surface area contributed by atoms with Gasteiger partial charge in [-0.25, -0.2) is 0 Å². The lowest BCUT2D eigenvalue weighted by Gasteiger charge is -2.34. The van der Waals surface area contributed by atoms with E-state index in [2.05, 4.69) is 17.4 Å². The van der Waals surface area contributed by atoms with Gasteiger partial charge in [-0.2, -0.15) is 0 Å². The Bertz CT molecular complexity index is 879. The molecule has 1 aliphatic heterocycles. The monoisotopic (exact) mass is 351 g/mol. The second-order valence-electron chi connectivity index (χ2n) is 5.92. The summed E-state index contributed by atoms with van der Waals surface area (Å²) in [5, 5.41) is 4.19. The van der Waals surface area contributed by atoms with Crippen LogP contribution in [0, 0.1) is 0 Å². The Morgan fingerprint density at radius 1 is 0.880 bits per heavy atom. The van der Waals surface area contributed by atoms with Crippen LogP contribution < -0.4 is 10.1 Å². The van der Waals surface area contributed by atoms with Crippen LogP contribution >= 0.6 is 11.6 Å². The minimum absolute atomic E-state index is 0.176. The highest BCUT2D eigenvalue weighted by Gasteiger charge is 2.30.